The fourth-order valence-electron chi connectivity index (χ4n) is 1.31. The number of nitrogen functional groups attached to an aromatic ring is 1. The molecule has 0 aliphatic heterocycles. The van der Waals surface area contributed by atoms with Crippen LogP contribution in [-0.2, 0) is 0 Å². The molecule has 0 fully saturated rings. The fraction of sp³-hybridized carbons (Fsp3) is 0.400. The van der Waals surface area contributed by atoms with Gasteiger partial charge < -0.3 is 21.3 Å². The number of nitrogens with two attached hydrogens (primary N) is 1. The Labute approximate surface area is 93.7 Å². The van der Waals surface area contributed by atoms with Gasteiger partial charge >= 0.3 is 0 Å². The van der Waals surface area contributed by atoms with Crippen LogP contribution in [0.25, 0.3) is 0 Å². The van der Waals surface area contributed by atoms with Gasteiger partial charge in [-0.25, -0.2) is 0 Å². The van der Waals surface area contributed by atoms with E-state index in [0.29, 0.717) is 22.8 Å². The maximum Gasteiger partial charge on any atom is 0.108 e. The summed E-state index contributed by atoms with van der Waals surface area (Å²) in [5.41, 5.74) is 6.53. The van der Waals surface area contributed by atoms with Crippen LogP contribution < -0.4 is 11.1 Å². The zero-order valence-corrected chi connectivity index (χ0v) is 9.20. The van der Waals surface area contributed by atoms with Crippen molar-refractivity contribution in [1.82, 2.24) is 5.32 Å². The number of benzene rings is 1. The van der Waals surface area contributed by atoms with E-state index in [1.165, 1.54) is 0 Å². The molecule has 0 amide bonds. The normalized spacial score (nSPS) is 14.9. The minimum Gasteiger partial charge on any atom is -0.399 e. The van der Waals surface area contributed by atoms with Crippen molar-refractivity contribution < 1.29 is 10.2 Å². The summed E-state index contributed by atoms with van der Waals surface area (Å²) in [5, 5.41) is 22.5. The number of hydrogen-bond acceptors (Lipinski definition) is 4. The van der Waals surface area contributed by atoms with Crippen LogP contribution in [0.1, 0.15) is 11.7 Å². The molecule has 15 heavy (non-hydrogen) atoms. The van der Waals surface area contributed by atoms with E-state index in [-0.39, 0.29) is 0 Å². The van der Waals surface area contributed by atoms with Gasteiger partial charge in [-0.2, -0.15) is 0 Å². The van der Waals surface area contributed by atoms with E-state index < -0.39 is 12.2 Å². The lowest BCUT2D eigenvalue weighted by Crippen LogP contribution is -2.29. The SMILES string of the molecule is CNCC(O)C(O)c1ccc(N)cc1Cl. The van der Waals surface area contributed by atoms with Crippen LogP contribution in [0.5, 0.6) is 0 Å². The summed E-state index contributed by atoms with van der Waals surface area (Å²) < 4.78 is 0. The molecule has 0 aliphatic carbocycles. The third-order valence-corrected chi connectivity index (χ3v) is 2.45. The number of nitrogens with one attached hydrogen (secondary N) is 1. The molecular formula is C10H15ClN2O2. The van der Waals surface area contributed by atoms with E-state index in [2.05, 4.69) is 5.32 Å². The topological polar surface area (TPSA) is 78.5 Å². The molecule has 1 rings (SSSR count). The van der Waals surface area contributed by atoms with Gasteiger partial charge in [0.2, 0.25) is 0 Å². The second kappa shape index (κ2) is 5.32. The minimum atomic E-state index is -1.01. The Morgan fingerprint density at radius 2 is 2.13 bits per heavy atom. The molecule has 84 valence electrons. The lowest BCUT2D eigenvalue weighted by Gasteiger charge is -2.19. The highest BCUT2D eigenvalue weighted by atomic mass is 35.5. The molecule has 0 radical (unpaired) electrons. The molecular weight excluding hydrogens is 216 g/mol. The molecule has 5 heteroatoms. The number of rotatable bonds is 4. The number of halogens is 1. The quantitative estimate of drug-likeness (QED) is 0.570. The Morgan fingerprint density at radius 1 is 1.47 bits per heavy atom. The summed E-state index contributed by atoms with van der Waals surface area (Å²) in [7, 11) is 1.69. The van der Waals surface area contributed by atoms with Crippen LogP contribution in [0.2, 0.25) is 5.02 Å². The molecule has 0 aromatic heterocycles. The van der Waals surface area contributed by atoms with E-state index in [9.17, 15) is 10.2 Å². The van der Waals surface area contributed by atoms with Gasteiger partial charge in [-0.15, -0.1) is 0 Å². The average Bonchev–Trinajstić information content (AvgIpc) is 2.17. The summed E-state index contributed by atoms with van der Waals surface area (Å²) >= 11 is 5.90. The first-order valence-electron chi connectivity index (χ1n) is 4.62. The van der Waals surface area contributed by atoms with Crippen LogP contribution in [0.3, 0.4) is 0 Å². The van der Waals surface area contributed by atoms with E-state index in [1.807, 2.05) is 0 Å². The predicted octanol–water partition coefficient (Wildman–Crippen LogP) is 0.536. The summed E-state index contributed by atoms with van der Waals surface area (Å²) in [5.74, 6) is 0. The van der Waals surface area contributed by atoms with Gasteiger partial charge in [0.1, 0.15) is 6.10 Å². The molecule has 5 N–H and O–H groups in total. The Bertz CT molecular complexity index is 333. The fourth-order valence-corrected chi connectivity index (χ4v) is 1.61. The molecule has 0 aliphatic rings. The van der Waals surface area contributed by atoms with E-state index >= 15 is 0 Å². The lowest BCUT2D eigenvalue weighted by molar-refractivity contribution is 0.0203. The summed E-state index contributed by atoms with van der Waals surface area (Å²) in [4.78, 5) is 0. The molecule has 2 unspecified atom stereocenters. The molecule has 0 bridgehead atoms. The first kappa shape index (κ1) is 12.3. The molecule has 0 heterocycles. The van der Waals surface area contributed by atoms with Gasteiger partial charge in [0, 0.05) is 22.8 Å². The van der Waals surface area contributed by atoms with Gasteiger partial charge in [0.15, 0.2) is 0 Å². The highest BCUT2D eigenvalue weighted by Crippen LogP contribution is 2.26. The van der Waals surface area contributed by atoms with Crippen LogP contribution in [-0.4, -0.2) is 29.9 Å². The standard InChI is InChI=1S/C10H15ClN2O2/c1-13-5-9(14)10(15)7-3-2-6(12)4-8(7)11/h2-4,9-10,13-15H,5,12H2,1H3. The molecule has 0 spiro atoms. The zero-order chi connectivity index (χ0) is 11.4. The summed E-state index contributed by atoms with van der Waals surface area (Å²) in [6.45, 7) is 0.294. The Balaban J connectivity index is 2.86. The van der Waals surface area contributed by atoms with Crippen molar-refractivity contribution in [3.63, 3.8) is 0 Å². The van der Waals surface area contributed by atoms with Crippen molar-refractivity contribution in [2.24, 2.45) is 0 Å². The highest BCUT2D eigenvalue weighted by molar-refractivity contribution is 6.31. The van der Waals surface area contributed by atoms with Crippen molar-refractivity contribution in [3.05, 3.63) is 28.8 Å². The monoisotopic (exact) mass is 230 g/mol. The van der Waals surface area contributed by atoms with Crippen molar-refractivity contribution >= 4 is 17.3 Å². The molecule has 1 aromatic rings. The van der Waals surface area contributed by atoms with Gasteiger partial charge in [0.05, 0.1) is 6.10 Å². The molecule has 4 nitrogen and oxygen atoms in total. The predicted molar refractivity (Wildman–Crippen MR) is 60.8 cm³/mol. The maximum absolute atomic E-state index is 9.78. The van der Waals surface area contributed by atoms with Crippen LogP contribution >= 0.6 is 11.6 Å². The first-order valence-corrected chi connectivity index (χ1v) is 4.99. The van der Waals surface area contributed by atoms with Gasteiger partial charge in [0.25, 0.3) is 0 Å². The lowest BCUT2D eigenvalue weighted by atomic mass is 10.0. The van der Waals surface area contributed by atoms with E-state index in [0.717, 1.165) is 0 Å². The second-order valence-corrected chi connectivity index (χ2v) is 3.76. The molecule has 2 atom stereocenters. The number of aliphatic hydroxyl groups is 2. The first-order chi connectivity index (χ1) is 7.06. The molecule has 0 saturated carbocycles. The minimum absolute atomic E-state index is 0.294. The molecule has 0 saturated heterocycles. The van der Waals surface area contributed by atoms with Crippen LogP contribution in [0.15, 0.2) is 18.2 Å². The Kier molecular flexibility index (Phi) is 4.35. The van der Waals surface area contributed by atoms with Crippen molar-refractivity contribution in [2.75, 3.05) is 19.3 Å². The Morgan fingerprint density at radius 3 is 2.67 bits per heavy atom. The second-order valence-electron chi connectivity index (χ2n) is 3.35. The van der Waals surface area contributed by atoms with E-state index in [1.54, 1.807) is 25.2 Å². The summed E-state index contributed by atoms with van der Waals surface area (Å²) in [6, 6.07) is 4.80. The molecule has 1 aromatic carbocycles. The number of likely N-dealkylation sites (N-methyl/N-ethyl adjacent to an activating group) is 1. The van der Waals surface area contributed by atoms with Gasteiger partial charge in [-0.05, 0) is 19.2 Å². The Hall–Kier alpha value is -0.810. The van der Waals surface area contributed by atoms with E-state index in [4.69, 9.17) is 17.3 Å². The maximum atomic E-state index is 9.78. The van der Waals surface area contributed by atoms with Crippen LogP contribution in [0.4, 0.5) is 5.69 Å². The third kappa shape index (κ3) is 3.07. The average molecular weight is 231 g/mol. The van der Waals surface area contributed by atoms with Crippen LogP contribution in [0, 0.1) is 0 Å². The van der Waals surface area contributed by atoms with Crippen molar-refractivity contribution in [2.45, 2.75) is 12.2 Å². The number of aliphatic hydroxyl groups excluding tert-OH is 2. The third-order valence-electron chi connectivity index (χ3n) is 2.12. The highest BCUT2D eigenvalue weighted by Gasteiger charge is 2.19. The van der Waals surface area contributed by atoms with Crippen molar-refractivity contribution in [3.8, 4) is 0 Å². The van der Waals surface area contributed by atoms with Crippen molar-refractivity contribution in [1.29, 1.82) is 0 Å². The largest absolute Gasteiger partial charge is 0.399 e. The number of anilines is 1. The number of hydrogen-bond donors (Lipinski definition) is 4. The smallest absolute Gasteiger partial charge is 0.108 e. The summed E-state index contributed by atoms with van der Waals surface area (Å²) in [6.07, 6.45) is -1.90. The zero-order valence-electron chi connectivity index (χ0n) is 8.44. The van der Waals surface area contributed by atoms with Gasteiger partial charge in [-0.3, -0.25) is 0 Å². The van der Waals surface area contributed by atoms with Gasteiger partial charge in [-0.1, -0.05) is 17.7 Å².